The summed E-state index contributed by atoms with van der Waals surface area (Å²) in [5, 5.41) is 3.47. The Balaban J connectivity index is 1.55. The summed E-state index contributed by atoms with van der Waals surface area (Å²) in [5.74, 6) is 0.446. The van der Waals surface area contributed by atoms with Crippen molar-refractivity contribution in [3.8, 4) is 11.3 Å². The van der Waals surface area contributed by atoms with Crippen LogP contribution in [-0.2, 0) is 4.79 Å². The molecule has 2 fully saturated rings. The molecule has 0 spiro atoms. The standard InChI is InChI=1S/C24H22BrClN4O2/c1-13(14-5-3-2-4-6-14)21(30-23(31)20(15-7-8-15)29-24(30)32)22-27-12-19(28-22)17-10-9-16(25)11-18(17)26/h2-6,9-13,15,20-21H,7-8H2,1H3,(H,27,28)(H,29,32)/t13-,20+,21?/m0/s1. The molecule has 5 rings (SSSR count). The maximum absolute atomic E-state index is 13.3. The molecule has 32 heavy (non-hydrogen) atoms. The number of imidazole rings is 1. The largest absolute Gasteiger partial charge is 0.340 e. The van der Waals surface area contributed by atoms with Crippen molar-refractivity contribution in [3.63, 3.8) is 0 Å². The molecule has 3 amide bonds. The number of aromatic amines is 1. The van der Waals surface area contributed by atoms with E-state index in [2.05, 4.69) is 31.2 Å². The molecule has 3 aromatic rings. The van der Waals surface area contributed by atoms with Gasteiger partial charge in [-0.15, -0.1) is 0 Å². The van der Waals surface area contributed by atoms with E-state index in [9.17, 15) is 9.59 Å². The van der Waals surface area contributed by atoms with Gasteiger partial charge < -0.3 is 10.3 Å². The van der Waals surface area contributed by atoms with Crippen LogP contribution in [0.3, 0.4) is 0 Å². The third-order valence-electron chi connectivity index (χ3n) is 6.27. The molecule has 1 saturated heterocycles. The van der Waals surface area contributed by atoms with E-state index in [0.717, 1.165) is 34.1 Å². The average molecular weight is 514 g/mol. The van der Waals surface area contributed by atoms with Crippen LogP contribution < -0.4 is 5.32 Å². The van der Waals surface area contributed by atoms with Gasteiger partial charge in [0.15, 0.2) is 0 Å². The van der Waals surface area contributed by atoms with Gasteiger partial charge in [-0.2, -0.15) is 0 Å². The second-order valence-electron chi connectivity index (χ2n) is 8.42. The number of imide groups is 1. The van der Waals surface area contributed by atoms with Gasteiger partial charge in [-0.3, -0.25) is 9.69 Å². The maximum Gasteiger partial charge on any atom is 0.325 e. The van der Waals surface area contributed by atoms with Crippen LogP contribution in [0.4, 0.5) is 4.79 Å². The molecule has 1 saturated carbocycles. The predicted molar refractivity (Wildman–Crippen MR) is 126 cm³/mol. The van der Waals surface area contributed by atoms with E-state index in [0.29, 0.717) is 10.8 Å². The number of hydrogen-bond donors (Lipinski definition) is 2. The van der Waals surface area contributed by atoms with Crippen molar-refractivity contribution in [2.24, 2.45) is 5.92 Å². The van der Waals surface area contributed by atoms with Crippen LogP contribution in [0.1, 0.15) is 43.1 Å². The molecule has 1 aromatic heterocycles. The van der Waals surface area contributed by atoms with Crippen LogP contribution in [-0.4, -0.2) is 32.8 Å². The first-order chi connectivity index (χ1) is 15.4. The van der Waals surface area contributed by atoms with Crippen molar-refractivity contribution in [2.45, 2.75) is 37.8 Å². The molecule has 0 bridgehead atoms. The molecule has 2 aromatic carbocycles. The van der Waals surface area contributed by atoms with Gasteiger partial charge in [0.1, 0.15) is 17.9 Å². The fourth-order valence-electron chi connectivity index (χ4n) is 4.38. The number of halogens is 2. The summed E-state index contributed by atoms with van der Waals surface area (Å²) in [5.41, 5.74) is 2.55. The summed E-state index contributed by atoms with van der Waals surface area (Å²) < 4.78 is 0.881. The summed E-state index contributed by atoms with van der Waals surface area (Å²) >= 11 is 9.86. The Morgan fingerprint density at radius 2 is 1.91 bits per heavy atom. The Morgan fingerprint density at radius 1 is 1.16 bits per heavy atom. The number of aromatic nitrogens is 2. The number of hydrogen-bond acceptors (Lipinski definition) is 3. The lowest BCUT2D eigenvalue weighted by Gasteiger charge is -2.29. The highest BCUT2D eigenvalue weighted by Crippen LogP contribution is 2.41. The monoisotopic (exact) mass is 512 g/mol. The van der Waals surface area contributed by atoms with Gasteiger partial charge >= 0.3 is 6.03 Å². The van der Waals surface area contributed by atoms with Crippen LogP contribution in [0.2, 0.25) is 5.02 Å². The molecule has 1 unspecified atom stereocenters. The lowest BCUT2D eigenvalue weighted by Crippen LogP contribution is -2.38. The third kappa shape index (κ3) is 3.84. The topological polar surface area (TPSA) is 78.1 Å². The highest BCUT2D eigenvalue weighted by atomic mass is 79.9. The Hall–Kier alpha value is -2.64. The van der Waals surface area contributed by atoms with Crippen molar-refractivity contribution in [1.29, 1.82) is 0 Å². The first-order valence-corrected chi connectivity index (χ1v) is 11.8. The smallest absolute Gasteiger partial charge is 0.325 e. The highest BCUT2D eigenvalue weighted by molar-refractivity contribution is 9.10. The number of nitrogens with zero attached hydrogens (tertiary/aromatic N) is 2. The summed E-state index contributed by atoms with van der Waals surface area (Å²) in [6, 6.07) is 14.1. The van der Waals surface area contributed by atoms with E-state index in [4.69, 9.17) is 11.6 Å². The molecule has 1 aliphatic heterocycles. The van der Waals surface area contributed by atoms with E-state index >= 15 is 0 Å². The lowest BCUT2D eigenvalue weighted by molar-refractivity contribution is -0.130. The first-order valence-electron chi connectivity index (χ1n) is 10.6. The van der Waals surface area contributed by atoms with E-state index in [1.165, 1.54) is 4.90 Å². The van der Waals surface area contributed by atoms with Crippen molar-refractivity contribution < 1.29 is 9.59 Å². The van der Waals surface area contributed by atoms with Gasteiger partial charge in [0.05, 0.1) is 16.9 Å². The molecule has 1 aliphatic carbocycles. The quantitative estimate of drug-likeness (QED) is 0.417. The summed E-state index contributed by atoms with van der Waals surface area (Å²) in [7, 11) is 0. The zero-order chi connectivity index (χ0) is 22.4. The van der Waals surface area contributed by atoms with Crippen LogP contribution in [0, 0.1) is 5.92 Å². The molecule has 164 valence electrons. The molecule has 8 heteroatoms. The fourth-order valence-corrected chi connectivity index (χ4v) is 5.16. The second kappa shape index (κ2) is 8.37. The van der Waals surface area contributed by atoms with Crippen molar-refractivity contribution in [1.82, 2.24) is 20.2 Å². The molecular formula is C24H22BrClN4O2. The molecule has 3 atom stereocenters. The maximum atomic E-state index is 13.3. The number of carbonyl (C=O) groups excluding carboxylic acids is 2. The summed E-state index contributed by atoms with van der Waals surface area (Å²) in [6.07, 6.45) is 3.64. The van der Waals surface area contributed by atoms with E-state index in [-0.39, 0.29) is 23.8 Å². The Bertz CT molecular complexity index is 1180. The second-order valence-corrected chi connectivity index (χ2v) is 9.75. The van der Waals surface area contributed by atoms with Crippen LogP contribution in [0.5, 0.6) is 0 Å². The number of benzene rings is 2. The Labute approximate surface area is 199 Å². The number of urea groups is 1. The average Bonchev–Trinajstić information content (AvgIpc) is 3.44. The first kappa shape index (κ1) is 21.2. The molecule has 2 N–H and O–H groups in total. The zero-order valence-electron chi connectivity index (χ0n) is 17.4. The minimum Gasteiger partial charge on any atom is -0.340 e. The van der Waals surface area contributed by atoms with E-state index < -0.39 is 12.1 Å². The predicted octanol–water partition coefficient (Wildman–Crippen LogP) is 5.67. The summed E-state index contributed by atoms with van der Waals surface area (Å²) in [6.45, 7) is 2.01. The van der Waals surface area contributed by atoms with Crippen molar-refractivity contribution in [3.05, 3.63) is 75.6 Å². The molecule has 0 radical (unpaired) electrons. The number of nitrogens with one attached hydrogen (secondary N) is 2. The van der Waals surface area contributed by atoms with Gasteiger partial charge in [-0.1, -0.05) is 70.9 Å². The van der Waals surface area contributed by atoms with E-state index in [1.54, 1.807) is 6.20 Å². The Kier molecular flexibility index (Phi) is 5.55. The van der Waals surface area contributed by atoms with Crippen molar-refractivity contribution in [2.75, 3.05) is 0 Å². The number of rotatable bonds is 6. The molecule has 2 heterocycles. The lowest BCUT2D eigenvalue weighted by atomic mass is 9.91. The minimum absolute atomic E-state index is 0.164. The van der Waals surface area contributed by atoms with Gasteiger partial charge in [-0.25, -0.2) is 9.78 Å². The number of H-pyrrole nitrogens is 1. The van der Waals surface area contributed by atoms with E-state index in [1.807, 2.05) is 55.5 Å². The highest BCUT2D eigenvalue weighted by Gasteiger charge is 2.50. The fraction of sp³-hybridized carbons (Fsp3) is 0.292. The van der Waals surface area contributed by atoms with Crippen LogP contribution in [0.25, 0.3) is 11.3 Å². The number of carbonyl (C=O) groups is 2. The molecule has 6 nitrogen and oxygen atoms in total. The molecule has 2 aliphatic rings. The van der Waals surface area contributed by atoms with Crippen LogP contribution >= 0.6 is 27.5 Å². The third-order valence-corrected chi connectivity index (χ3v) is 7.07. The normalized spacial score (nSPS) is 20.3. The van der Waals surface area contributed by atoms with Gasteiger partial charge in [-0.05, 0) is 36.5 Å². The van der Waals surface area contributed by atoms with Gasteiger partial charge in [0.25, 0.3) is 5.91 Å². The van der Waals surface area contributed by atoms with Crippen LogP contribution in [0.15, 0.2) is 59.2 Å². The SMILES string of the molecule is C[C@@H](c1ccccc1)C(c1ncc(-c2ccc(Br)cc2Cl)[nH]1)N1C(=O)N[C@H](C2CC2)C1=O. The summed E-state index contributed by atoms with van der Waals surface area (Å²) in [4.78, 5) is 35.6. The minimum atomic E-state index is -0.573. The van der Waals surface area contributed by atoms with Crippen molar-refractivity contribution >= 4 is 39.5 Å². The van der Waals surface area contributed by atoms with Gasteiger partial charge in [0.2, 0.25) is 0 Å². The zero-order valence-corrected chi connectivity index (χ0v) is 19.7. The Morgan fingerprint density at radius 3 is 2.59 bits per heavy atom. The molecular weight excluding hydrogens is 492 g/mol. The van der Waals surface area contributed by atoms with Gasteiger partial charge in [0, 0.05) is 16.0 Å². The number of amides is 3.